The molecular formula is C18H28N4O3. The third-order valence-corrected chi connectivity index (χ3v) is 5.14. The van der Waals surface area contributed by atoms with E-state index in [1.54, 1.807) is 0 Å². The number of carbonyl (C=O) groups excluding carboxylic acids is 2. The lowest BCUT2D eigenvalue weighted by atomic mass is 10.1. The molecule has 0 aromatic carbocycles. The smallest absolute Gasteiger partial charge is 0.289 e. The van der Waals surface area contributed by atoms with Gasteiger partial charge in [0.15, 0.2) is 5.89 Å². The van der Waals surface area contributed by atoms with Crippen molar-refractivity contribution in [3.05, 3.63) is 17.3 Å². The minimum Gasteiger partial charge on any atom is -0.435 e. The molecule has 138 valence electrons. The molecule has 2 heterocycles. The normalized spacial score (nSPS) is 23.0. The maximum Gasteiger partial charge on any atom is 0.289 e. The number of aromatic nitrogens is 1. The lowest BCUT2D eigenvalue weighted by Gasteiger charge is -2.30. The zero-order chi connectivity index (χ0) is 18.0. The Balaban J connectivity index is 1.66. The molecule has 1 aliphatic carbocycles. The van der Waals surface area contributed by atoms with E-state index >= 15 is 0 Å². The van der Waals surface area contributed by atoms with Crippen molar-refractivity contribution in [3.63, 3.8) is 0 Å². The van der Waals surface area contributed by atoms with E-state index in [0.717, 1.165) is 38.6 Å². The molecule has 1 saturated carbocycles. The predicted octanol–water partition coefficient (Wildman–Crippen LogP) is 1.71. The molecule has 25 heavy (non-hydrogen) atoms. The molecule has 1 aliphatic heterocycles. The number of likely N-dealkylation sites (tertiary alicyclic amines) is 1. The van der Waals surface area contributed by atoms with Crippen LogP contribution < -0.4 is 11.1 Å². The molecule has 1 saturated heterocycles. The van der Waals surface area contributed by atoms with Gasteiger partial charge in [0.2, 0.25) is 11.7 Å². The van der Waals surface area contributed by atoms with E-state index in [0.29, 0.717) is 36.2 Å². The van der Waals surface area contributed by atoms with E-state index in [9.17, 15) is 9.59 Å². The average Bonchev–Trinajstić information content (AvgIpc) is 3.35. The molecule has 2 unspecified atom stereocenters. The molecule has 7 nitrogen and oxygen atoms in total. The lowest BCUT2D eigenvalue weighted by Crippen LogP contribution is -2.50. The summed E-state index contributed by atoms with van der Waals surface area (Å²) in [7, 11) is 0. The number of nitrogens with one attached hydrogen (secondary N) is 1. The fourth-order valence-electron chi connectivity index (χ4n) is 3.60. The first-order chi connectivity index (χ1) is 12.0. The molecule has 1 aromatic heterocycles. The topological polar surface area (TPSA) is 101 Å². The zero-order valence-electron chi connectivity index (χ0n) is 15.1. The minimum atomic E-state index is -0.297. The van der Waals surface area contributed by atoms with Crippen molar-refractivity contribution in [3.8, 4) is 0 Å². The number of amides is 2. The summed E-state index contributed by atoms with van der Waals surface area (Å²) >= 11 is 0. The first-order valence-corrected chi connectivity index (χ1v) is 9.31. The number of hydrogen-bond donors (Lipinski definition) is 2. The zero-order valence-corrected chi connectivity index (χ0v) is 15.1. The Hall–Kier alpha value is -1.89. The molecule has 0 bridgehead atoms. The first kappa shape index (κ1) is 17.9. The number of hydrogen-bond acceptors (Lipinski definition) is 5. The van der Waals surface area contributed by atoms with Crippen molar-refractivity contribution < 1.29 is 14.0 Å². The molecule has 1 aromatic rings. The summed E-state index contributed by atoms with van der Waals surface area (Å²) in [4.78, 5) is 30.8. The van der Waals surface area contributed by atoms with Gasteiger partial charge in [-0.2, -0.15) is 0 Å². The van der Waals surface area contributed by atoms with Gasteiger partial charge in [-0.05, 0) is 45.6 Å². The van der Waals surface area contributed by atoms with E-state index in [1.165, 1.54) is 0 Å². The van der Waals surface area contributed by atoms with Crippen LogP contribution in [0.2, 0.25) is 0 Å². The summed E-state index contributed by atoms with van der Waals surface area (Å²) in [5, 5.41) is 3.07. The van der Waals surface area contributed by atoms with E-state index in [-0.39, 0.29) is 23.9 Å². The van der Waals surface area contributed by atoms with Crippen LogP contribution in [0.1, 0.15) is 73.5 Å². The van der Waals surface area contributed by atoms with Crippen LogP contribution in [0.3, 0.4) is 0 Å². The molecule has 7 heteroatoms. The molecule has 2 amide bonds. The Morgan fingerprint density at radius 1 is 1.36 bits per heavy atom. The summed E-state index contributed by atoms with van der Waals surface area (Å²) in [6.07, 6.45) is 5.76. The summed E-state index contributed by atoms with van der Waals surface area (Å²) < 4.78 is 5.70. The summed E-state index contributed by atoms with van der Waals surface area (Å²) in [5.41, 5.74) is 6.18. The number of carbonyl (C=O) groups is 2. The van der Waals surface area contributed by atoms with Gasteiger partial charge in [0.05, 0.1) is 11.7 Å². The van der Waals surface area contributed by atoms with Crippen molar-refractivity contribution in [1.29, 1.82) is 0 Å². The van der Waals surface area contributed by atoms with Gasteiger partial charge in [-0.1, -0.05) is 13.3 Å². The van der Waals surface area contributed by atoms with Gasteiger partial charge in [-0.3, -0.25) is 14.5 Å². The summed E-state index contributed by atoms with van der Waals surface area (Å²) in [5.74, 6) is 0.879. The van der Waals surface area contributed by atoms with Gasteiger partial charge in [-0.15, -0.1) is 0 Å². The highest BCUT2D eigenvalue weighted by Crippen LogP contribution is 2.40. The molecule has 0 radical (unpaired) electrons. The Kier molecular flexibility index (Phi) is 5.42. The molecule has 0 spiro atoms. The predicted molar refractivity (Wildman–Crippen MR) is 93.2 cm³/mol. The average molecular weight is 348 g/mol. The Labute approximate surface area is 148 Å². The van der Waals surface area contributed by atoms with Gasteiger partial charge >= 0.3 is 0 Å². The van der Waals surface area contributed by atoms with Crippen molar-refractivity contribution in [1.82, 2.24) is 15.2 Å². The van der Waals surface area contributed by atoms with E-state index in [2.05, 4.69) is 15.2 Å². The molecule has 2 fully saturated rings. The van der Waals surface area contributed by atoms with E-state index in [1.807, 2.05) is 13.8 Å². The third-order valence-electron chi connectivity index (χ3n) is 5.14. The fraction of sp³-hybridized carbons (Fsp3) is 0.722. The van der Waals surface area contributed by atoms with E-state index in [4.69, 9.17) is 10.2 Å². The monoisotopic (exact) mass is 348 g/mol. The van der Waals surface area contributed by atoms with Crippen LogP contribution in [0.4, 0.5) is 0 Å². The van der Waals surface area contributed by atoms with Gasteiger partial charge in [0, 0.05) is 18.5 Å². The highest BCUT2D eigenvalue weighted by atomic mass is 16.4. The third kappa shape index (κ3) is 4.21. The largest absolute Gasteiger partial charge is 0.435 e. The summed E-state index contributed by atoms with van der Waals surface area (Å²) in [6.45, 7) is 5.24. The minimum absolute atomic E-state index is 0.0164. The van der Waals surface area contributed by atoms with Crippen LogP contribution in [-0.4, -0.2) is 46.9 Å². The van der Waals surface area contributed by atoms with Crippen molar-refractivity contribution in [2.75, 3.05) is 13.1 Å². The fourth-order valence-corrected chi connectivity index (χ4v) is 3.60. The van der Waals surface area contributed by atoms with Crippen LogP contribution in [-0.2, 0) is 4.79 Å². The molecular weight excluding hydrogens is 320 g/mol. The number of aryl methyl sites for hydroxylation is 1. The Morgan fingerprint density at radius 3 is 2.76 bits per heavy atom. The second-order valence-corrected chi connectivity index (χ2v) is 7.23. The van der Waals surface area contributed by atoms with Gasteiger partial charge < -0.3 is 15.5 Å². The van der Waals surface area contributed by atoms with Gasteiger partial charge in [-0.25, -0.2) is 4.98 Å². The lowest BCUT2D eigenvalue weighted by molar-refractivity contribution is -0.123. The maximum absolute atomic E-state index is 12.6. The van der Waals surface area contributed by atoms with Crippen molar-refractivity contribution in [2.24, 2.45) is 5.73 Å². The number of oxazole rings is 1. The van der Waals surface area contributed by atoms with Crippen LogP contribution in [0.15, 0.2) is 4.42 Å². The summed E-state index contributed by atoms with van der Waals surface area (Å²) in [6, 6.07) is -0.289. The number of primary amides is 1. The Morgan fingerprint density at radius 2 is 2.12 bits per heavy atom. The number of nitrogens with two attached hydrogens (primary N) is 1. The van der Waals surface area contributed by atoms with Crippen molar-refractivity contribution >= 4 is 11.8 Å². The number of nitrogens with zero attached hydrogens (tertiary/aromatic N) is 2. The van der Waals surface area contributed by atoms with Gasteiger partial charge in [0.25, 0.3) is 5.91 Å². The van der Waals surface area contributed by atoms with Gasteiger partial charge in [0.1, 0.15) is 0 Å². The number of rotatable bonds is 6. The maximum atomic E-state index is 12.6. The molecule has 2 atom stereocenters. The first-order valence-electron chi connectivity index (χ1n) is 9.31. The second kappa shape index (κ2) is 7.56. The van der Waals surface area contributed by atoms with E-state index < -0.39 is 0 Å². The Bertz CT molecular complexity index is 638. The second-order valence-electron chi connectivity index (χ2n) is 7.23. The molecule has 2 aliphatic rings. The highest BCUT2D eigenvalue weighted by molar-refractivity contribution is 5.92. The van der Waals surface area contributed by atoms with Crippen LogP contribution in [0.5, 0.6) is 0 Å². The quantitative estimate of drug-likeness (QED) is 0.815. The van der Waals surface area contributed by atoms with Crippen molar-refractivity contribution in [2.45, 2.75) is 70.4 Å². The van der Waals surface area contributed by atoms with Crippen LogP contribution >= 0.6 is 0 Å². The van der Waals surface area contributed by atoms with Crippen LogP contribution in [0, 0.1) is 6.92 Å². The highest BCUT2D eigenvalue weighted by Gasteiger charge is 2.32. The molecule has 3 N–H and O–H groups in total. The standard InChI is InChI=1S/C18H28N4O3/c1-3-14(16(19)23)22-9-5-4-6-13(10-22)21-17(24)15-11(2)20-18(25-15)12-7-8-12/h12-14H,3-10H2,1-2H3,(H2,19,23)(H,21,24). The SMILES string of the molecule is CCC(C(N)=O)N1CCCCC(NC(=O)c2oc(C3CC3)nc2C)C1. The van der Waals surface area contributed by atoms with Crippen LogP contribution in [0.25, 0.3) is 0 Å². The molecule has 3 rings (SSSR count).